The maximum Gasteiger partial charge on any atom is 0.137 e. The molecule has 1 unspecified atom stereocenters. The second-order valence-corrected chi connectivity index (χ2v) is 6.07. The van der Waals surface area contributed by atoms with Crippen molar-refractivity contribution in [3.63, 3.8) is 0 Å². The first-order valence-electron chi connectivity index (χ1n) is 7.90. The molecule has 1 aromatic carbocycles. The van der Waals surface area contributed by atoms with Crippen molar-refractivity contribution in [2.45, 2.75) is 31.5 Å². The number of benzene rings is 1. The summed E-state index contributed by atoms with van der Waals surface area (Å²) in [4.78, 5) is 5.94. The van der Waals surface area contributed by atoms with E-state index in [-0.39, 0.29) is 12.1 Å². The van der Waals surface area contributed by atoms with Gasteiger partial charge in [0.25, 0.3) is 0 Å². The third-order valence-electron chi connectivity index (χ3n) is 4.60. The van der Waals surface area contributed by atoms with Crippen LogP contribution in [-0.4, -0.2) is 43.9 Å². The van der Waals surface area contributed by atoms with Crippen molar-refractivity contribution >= 4 is 0 Å². The quantitative estimate of drug-likeness (QED) is 0.851. The van der Waals surface area contributed by atoms with E-state index in [1.165, 1.54) is 23.4 Å². The lowest BCUT2D eigenvalue weighted by molar-refractivity contribution is -0.0614. The topological polar surface area (TPSA) is 54.2 Å². The summed E-state index contributed by atoms with van der Waals surface area (Å²) in [6.45, 7) is 3.31. The van der Waals surface area contributed by atoms with Crippen LogP contribution >= 0.6 is 0 Å². The van der Waals surface area contributed by atoms with Crippen LogP contribution in [-0.2, 0) is 12.1 Å². The largest absolute Gasteiger partial charge is 0.381 e. The minimum atomic E-state index is -1.57. The molecule has 0 aliphatic carbocycles. The van der Waals surface area contributed by atoms with E-state index >= 15 is 0 Å². The SMILES string of the molecule is C[C@@H](N1CC=CCC1)C(O)(Cn1cncn1)c1ccc(F)cc1F. The molecule has 3 rings (SSSR count). The van der Waals surface area contributed by atoms with Crippen LogP contribution in [0, 0.1) is 11.6 Å². The number of nitrogens with zero attached hydrogens (tertiary/aromatic N) is 4. The average molecular weight is 334 g/mol. The molecule has 1 aliphatic rings. The molecule has 0 amide bonds. The summed E-state index contributed by atoms with van der Waals surface area (Å²) in [5.41, 5.74) is -1.52. The third kappa shape index (κ3) is 3.22. The van der Waals surface area contributed by atoms with Gasteiger partial charge in [0.15, 0.2) is 0 Å². The summed E-state index contributed by atoms with van der Waals surface area (Å²) in [6.07, 6.45) is 7.80. The summed E-state index contributed by atoms with van der Waals surface area (Å²) in [5.74, 6) is -1.44. The fraction of sp³-hybridized carbons (Fsp3) is 0.412. The van der Waals surface area contributed by atoms with Crippen molar-refractivity contribution in [1.82, 2.24) is 19.7 Å². The summed E-state index contributed by atoms with van der Waals surface area (Å²) < 4.78 is 29.2. The highest BCUT2D eigenvalue weighted by Crippen LogP contribution is 2.33. The van der Waals surface area contributed by atoms with Gasteiger partial charge < -0.3 is 5.11 Å². The Labute approximate surface area is 139 Å². The van der Waals surface area contributed by atoms with Gasteiger partial charge in [0.1, 0.15) is 29.9 Å². The Morgan fingerprint density at radius 3 is 2.79 bits per heavy atom. The first-order chi connectivity index (χ1) is 11.5. The van der Waals surface area contributed by atoms with E-state index in [9.17, 15) is 13.9 Å². The first-order valence-corrected chi connectivity index (χ1v) is 7.90. The molecular formula is C17H20F2N4O. The van der Waals surface area contributed by atoms with Gasteiger partial charge in [-0.1, -0.05) is 18.2 Å². The van der Waals surface area contributed by atoms with Gasteiger partial charge in [-0.3, -0.25) is 4.90 Å². The summed E-state index contributed by atoms with van der Waals surface area (Å²) in [6, 6.07) is 2.86. The number of hydrogen-bond acceptors (Lipinski definition) is 4. The highest BCUT2D eigenvalue weighted by Gasteiger charge is 2.41. The molecule has 1 aliphatic heterocycles. The zero-order valence-corrected chi connectivity index (χ0v) is 13.4. The third-order valence-corrected chi connectivity index (χ3v) is 4.60. The van der Waals surface area contributed by atoms with Crippen molar-refractivity contribution in [1.29, 1.82) is 0 Å². The number of rotatable bonds is 5. The molecule has 0 radical (unpaired) electrons. The lowest BCUT2D eigenvalue weighted by Gasteiger charge is -2.41. The molecule has 0 fully saturated rings. The van der Waals surface area contributed by atoms with Crippen molar-refractivity contribution in [2.24, 2.45) is 0 Å². The van der Waals surface area contributed by atoms with E-state index < -0.39 is 23.3 Å². The van der Waals surface area contributed by atoms with Gasteiger partial charge in [-0.2, -0.15) is 5.10 Å². The molecule has 0 saturated heterocycles. The maximum absolute atomic E-state index is 14.4. The number of hydrogen-bond donors (Lipinski definition) is 1. The Hall–Kier alpha value is -2.12. The zero-order chi connectivity index (χ0) is 17.2. The molecule has 24 heavy (non-hydrogen) atoms. The summed E-state index contributed by atoms with van der Waals surface area (Å²) in [5, 5.41) is 15.4. The standard InChI is InChI=1S/C17H20F2N4O/c1-13(22-7-3-2-4-8-22)17(24,10-23-12-20-11-21-23)15-6-5-14(18)9-16(15)19/h2-3,5-6,9,11-13,24H,4,7-8,10H2,1H3/t13-,17?/m1/s1. The van der Waals surface area contributed by atoms with Gasteiger partial charge in [0, 0.05) is 30.8 Å². The minimum Gasteiger partial charge on any atom is -0.381 e. The summed E-state index contributed by atoms with van der Waals surface area (Å²) >= 11 is 0. The minimum absolute atomic E-state index is 0.0247. The second kappa shape index (κ2) is 6.78. The maximum atomic E-state index is 14.4. The van der Waals surface area contributed by atoms with Gasteiger partial charge in [-0.25, -0.2) is 18.4 Å². The Kier molecular flexibility index (Phi) is 4.73. The molecule has 7 heteroatoms. The molecule has 2 atom stereocenters. The Morgan fingerprint density at radius 2 is 2.17 bits per heavy atom. The molecule has 1 N–H and O–H groups in total. The highest BCUT2D eigenvalue weighted by molar-refractivity contribution is 5.27. The van der Waals surface area contributed by atoms with Crippen LogP contribution in [0.5, 0.6) is 0 Å². The lowest BCUT2D eigenvalue weighted by Crippen LogP contribution is -2.52. The van der Waals surface area contributed by atoms with E-state index in [1.54, 1.807) is 0 Å². The average Bonchev–Trinajstić information content (AvgIpc) is 3.07. The molecule has 0 saturated carbocycles. The molecule has 128 valence electrons. The molecule has 2 aromatic rings. The van der Waals surface area contributed by atoms with Crippen molar-refractivity contribution in [2.75, 3.05) is 13.1 Å². The fourth-order valence-electron chi connectivity index (χ4n) is 3.16. The van der Waals surface area contributed by atoms with E-state index in [4.69, 9.17) is 0 Å². The monoisotopic (exact) mass is 334 g/mol. The van der Waals surface area contributed by atoms with Crippen molar-refractivity contribution in [3.05, 3.63) is 60.2 Å². The molecular weight excluding hydrogens is 314 g/mol. The second-order valence-electron chi connectivity index (χ2n) is 6.07. The molecule has 0 bridgehead atoms. The van der Waals surface area contributed by atoms with Crippen molar-refractivity contribution < 1.29 is 13.9 Å². The number of aromatic nitrogens is 3. The van der Waals surface area contributed by atoms with Gasteiger partial charge in [-0.05, 0) is 19.4 Å². The van der Waals surface area contributed by atoms with Crippen LogP contribution in [0.4, 0.5) is 8.78 Å². The van der Waals surface area contributed by atoms with Crippen LogP contribution in [0.2, 0.25) is 0 Å². The van der Waals surface area contributed by atoms with Gasteiger partial charge >= 0.3 is 0 Å². The number of halogens is 2. The van der Waals surface area contributed by atoms with E-state index in [1.807, 2.05) is 13.0 Å². The highest BCUT2D eigenvalue weighted by atomic mass is 19.1. The Bertz CT molecular complexity index is 719. The predicted molar refractivity (Wildman–Crippen MR) is 85.1 cm³/mol. The first kappa shape index (κ1) is 16.7. The van der Waals surface area contributed by atoms with Crippen LogP contribution in [0.1, 0.15) is 18.9 Å². The van der Waals surface area contributed by atoms with Crippen LogP contribution in [0.15, 0.2) is 43.0 Å². The Morgan fingerprint density at radius 1 is 1.33 bits per heavy atom. The van der Waals surface area contributed by atoms with E-state index in [2.05, 4.69) is 21.1 Å². The van der Waals surface area contributed by atoms with Crippen LogP contribution in [0.25, 0.3) is 0 Å². The van der Waals surface area contributed by atoms with Gasteiger partial charge in [0.2, 0.25) is 0 Å². The molecule has 5 nitrogen and oxygen atoms in total. The molecule has 2 heterocycles. The van der Waals surface area contributed by atoms with E-state index in [0.717, 1.165) is 25.1 Å². The fourth-order valence-corrected chi connectivity index (χ4v) is 3.16. The Balaban J connectivity index is 2.00. The normalized spacial score (nSPS) is 19.2. The number of aliphatic hydroxyl groups is 1. The summed E-state index contributed by atoms with van der Waals surface area (Å²) in [7, 11) is 0. The van der Waals surface area contributed by atoms with Crippen LogP contribution < -0.4 is 0 Å². The predicted octanol–water partition coefficient (Wildman–Crippen LogP) is 2.09. The molecule has 1 aromatic heterocycles. The van der Waals surface area contributed by atoms with Crippen LogP contribution in [0.3, 0.4) is 0 Å². The van der Waals surface area contributed by atoms with Crippen molar-refractivity contribution in [3.8, 4) is 0 Å². The lowest BCUT2D eigenvalue weighted by atomic mass is 9.85. The van der Waals surface area contributed by atoms with E-state index in [0.29, 0.717) is 6.54 Å². The zero-order valence-electron chi connectivity index (χ0n) is 13.4. The van der Waals surface area contributed by atoms with Gasteiger partial charge in [0.05, 0.1) is 6.54 Å². The molecule has 0 spiro atoms. The van der Waals surface area contributed by atoms with Gasteiger partial charge in [-0.15, -0.1) is 0 Å². The smallest absolute Gasteiger partial charge is 0.137 e.